The van der Waals surface area contributed by atoms with E-state index < -0.39 is 0 Å². The summed E-state index contributed by atoms with van der Waals surface area (Å²) < 4.78 is 18.9. The van der Waals surface area contributed by atoms with Crippen LogP contribution in [0.1, 0.15) is 46.0 Å². The Labute approximate surface area is 143 Å². The van der Waals surface area contributed by atoms with Gasteiger partial charge in [0.2, 0.25) is 6.41 Å². The van der Waals surface area contributed by atoms with Crippen molar-refractivity contribution < 1.29 is 13.9 Å². The van der Waals surface area contributed by atoms with E-state index in [1.54, 1.807) is 13.0 Å². The zero-order valence-electron chi connectivity index (χ0n) is 14.5. The number of ether oxygens (including phenoxy) is 1. The Kier molecular flexibility index (Phi) is 6.59. The van der Waals surface area contributed by atoms with Gasteiger partial charge in [-0.25, -0.2) is 4.39 Å². The first-order valence-corrected chi connectivity index (χ1v) is 8.49. The van der Waals surface area contributed by atoms with Crippen molar-refractivity contribution in [3.8, 4) is 0 Å². The molecule has 0 aliphatic heterocycles. The number of carbonyl (C=O) groups is 1. The molecule has 0 aromatic heterocycles. The second-order valence-corrected chi connectivity index (χ2v) is 6.33. The summed E-state index contributed by atoms with van der Waals surface area (Å²) in [5.41, 5.74) is 3.95. The normalized spacial score (nSPS) is 20.0. The first-order chi connectivity index (χ1) is 11.6. The van der Waals surface area contributed by atoms with Crippen molar-refractivity contribution in [1.29, 1.82) is 0 Å². The summed E-state index contributed by atoms with van der Waals surface area (Å²) in [6, 6.07) is 0. The van der Waals surface area contributed by atoms with Gasteiger partial charge in [-0.15, -0.1) is 0 Å². The molecule has 0 aromatic rings. The Bertz CT molecular complexity index is 618. The van der Waals surface area contributed by atoms with E-state index in [9.17, 15) is 9.18 Å². The summed E-state index contributed by atoms with van der Waals surface area (Å²) in [5.74, 6) is 0.876. The lowest BCUT2D eigenvalue weighted by atomic mass is 10.0. The summed E-state index contributed by atoms with van der Waals surface area (Å²) in [5, 5.41) is 2.89. The number of allylic oxidation sites excluding steroid dienone is 6. The summed E-state index contributed by atoms with van der Waals surface area (Å²) >= 11 is 0. The number of halogens is 1. The van der Waals surface area contributed by atoms with E-state index in [1.165, 1.54) is 31.4 Å². The number of rotatable bonds is 8. The molecule has 24 heavy (non-hydrogen) atoms. The van der Waals surface area contributed by atoms with Gasteiger partial charge in [0.05, 0.1) is 5.83 Å². The van der Waals surface area contributed by atoms with Crippen LogP contribution in [0.15, 0.2) is 58.8 Å². The predicted octanol–water partition coefficient (Wildman–Crippen LogP) is 4.86. The summed E-state index contributed by atoms with van der Waals surface area (Å²) in [7, 11) is 0. The third kappa shape index (κ3) is 4.95. The maximum absolute atomic E-state index is 13.1. The van der Waals surface area contributed by atoms with Gasteiger partial charge in [0.1, 0.15) is 12.4 Å². The van der Waals surface area contributed by atoms with Gasteiger partial charge < -0.3 is 10.1 Å². The average molecular weight is 331 g/mol. The van der Waals surface area contributed by atoms with E-state index in [1.807, 2.05) is 0 Å². The van der Waals surface area contributed by atoms with Gasteiger partial charge in [0, 0.05) is 11.3 Å². The fraction of sp³-hybridized carbons (Fsp3) is 0.450. The third-order valence-corrected chi connectivity index (χ3v) is 4.33. The van der Waals surface area contributed by atoms with Gasteiger partial charge in [0.25, 0.3) is 0 Å². The molecule has 2 rings (SSSR count). The number of amides is 1. The van der Waals surface area contributed by atoms with E-state index >= 15 is 0 Å². The lowest BCUT2D eigenvalue weighted by Gasteiger charge is -2.17. The average Bonchev–Trinajstić information content (AvgIpc) is 3.35. The minimum absolute atomic E-state index is 0.275. The van der Waals surface area contributed by atoms with Crippen LogP contribution in [0.25, 0.3) is 0 Å². The van der Waals surface area contributed by atoms with Crippen LogP contribution < -0.4 is 5.32 Å². The molecule has 0 heterocycles. The van der Waals surface area contributed by atoms with Crippen molar-refractivity contribution in [2.24, 2.45) is 5.92 Å². The smallest absolute Gasteiger partial charge is 0.211 e. The molecule has 130 valence electrons. The second kappa shape index (κ2) is 8.67. The Morgan fingerprint density at radius 2 is 2.21 bits per heavy atom. The lowest BCUT2D eigenvalue weighted by Crippen LogP contribution is -2.18. The van der Waals surface area contributed by atoms with Crippen LogP contribution in [0, 0.1) is 5.92 Å². The highest BCUT2D eigenvalue weighted by Crippen LogP contribution is 2.42. The molecule has 0 aromatic carbocycles. The second-order valence-electron chi connectivity index (χ2n) is 6.33. The van der Waals surface area contributed by atoms with Crippen molar-refractivity contribution in [3.05, 3.63) is 58.8 Å². The van der Waals surface area contributed by atoms with Gasteiger partial charge >= 0.3 is 0 Å². The number of hydrogen-bond donors (Lipinski definition) is 1. The molecule has 4 heteroatoms. The monoisotopic (exact) mass is 331 g/mol. The molecule has 1 saturated carbocycles. The van der Waals surface area contributed by atoms with Crippen molar-refractivity contribution in [2.75, 3.05) is 6.61 Å². The van der Waals surface area contributed by atoms with Crippen molar-refractivity contribution >= 4 is 6.41 Å². The molecule has 1 amide bonds. The van der Waals surface area contributed by atoms with Crippen LogP contribution in [0.5, 0.6) is 0 Å². The highest BCUT2D eigenvalue weighted by atomic mass is 19.1. The largest absolute Gasteiger partial charge is 0.489 e. The Balaban J connectivity index is 2.20. The highest BCUT2D eigenvalue weighted by molar-refractivity contribution is 5.56. The van der Waals surface area contributed by atoms with Gasteiger partial charge in [-0.3, -0.25) is 4.79 Å². The van der Waals surface area contributed by atoms with Crippen molar-refractivity contribution in [1.82, 2.24) is 5.32 Å². The minimum atomic E-state index is -0.275. The molecule has 0 atom stereocenters. The van der Waals surface area contributed by atoms with Crippen LogP contribution in [0.4, 0.5) is 4.39 Å². The third-order valence-electron chi connectivity index (χ3n) is 4.33. The van der Waals surface area contributed by atoms with Gasteiger partial charge in [0.15, 0.2) is 0 Å². The summed E-state index contributed by atoms with van der Waals surface area (Å²) in [4.78, 5) is 11.1. The highest BCUT2D eigenvalue weighted by Gasteiger charge is 2.30. The number of hydrogen-bond acceptors (Lipinski definition) is 2. The van der Waals surface area contributed by atoms with Gasteiger partial charge in [-0.1, -0.05) is 12.7 Å². The van der Waals surface area contributed by atoms with E-state index in [0.29, 0.717) is 23.9 Å². The van der Waals surface area contributed by atoms with Crippen LogP contribution in [0.2, 0.25) is 0 Å². The van der Waals surface area contributed by atoms with Crippen LogP contribution in [-0.4, -0.2) is 13.0 Å². The Hall–Kier alpha value is -2.10. The molecule has 0 radical (unpaired) electrons. The molecular formula is C20H26FNO2. The molecule has 0 unspecified atom stereocenters. The first kappa shape index (κ1) is 18.2. The summed E-state index contributed by atoms with van der Waals surface area (Å²) in [6.07, 6.45) is 11.4. The van der Waals surface area contributed by atoms with E-state index in [2.05, 4.69) is 18.0 Å². The summed E-state index contributed by atoms with van der Waals surface area (Å²) in [6.45, 7) is 7.27. The molecule has 0 bridgehead atoms. The zero-order chi connectivity index (χ0) is 17.5. The van der Waals surface area contributed by atoms with Gasteiger partial charge in [-0.2, -0.15) is 0 Å². The van der Waals surface area contributed by atoms with Crippen LogP contribution in [-0.2, 0) is 9.53 Å². The SMILES string of the molecule is C=C/C(OCC1=CCCCC(C2CC2)=C1NC=O)=C(C)\C=C(/C)F. The lowest BCUT2D eigenvalue weighted by molar-refractivity contribution is -0.108. The standard InChI is InChI=1S/C20H26FNO2/c1-4-19(14(2)11-15(3)21)24-12-17-7-5-6-8-18(16-9-10-16)20(17)22-13-23/h4,7,11,13,16H,1,5-6,8-10,12H2,2-3H3,(H,22,23)/b15-11+,19-14+. The fourth-order valence-electron chi connectivity index (χ4n) is 3.08. The molecular weight excluding hydrogens is 305 g/mol. The molecule has 0 saturated heterocycles. The molecule has 1 fully saturated rings. The van der Waals surface area contributed by atoms with E-state index in [-0.39, 0.29) is 5.83 Å². The van der Waals surface area contributed by atoms with Crippen molar-refractivity contribution in [3.63, 3.8) is 0 Å². The molecule has 3 nitrogen and oxygen atoms in total. The predicted molar refractivity (Wildman–Crippen MR) is 94.6 cm³/mol. The number of carbonyl (C=O) groups excluding carboxylic acids is 1. The quantitative estimate of drug-likeness (QED) is 0.392. The van der Waals surface area contributed by atoms with Crippen molar-refractivity contribution in [2.45, 2.75) is 46.0 Å². The molecule has 2 aliphatic rings. The molecule has 1 N–H and O–H groups in total. The molecule has 0 spiro atoms. The first-order valence-electron chi connectivity index (χ1n) is 8.49. The topological polar surface area (TPSA) is 38.3 Å². The van der Waals surface area contributed by atoms with Gasteiger partial charge in [-0.05, 0) is 75.2 Å². The maximum atomic E-state index is 13.1. The van der Waals surface area contributed by atoms with Crippen LogP contribution in [0.3, 0.4) is 0 Å². The fourth-order valence-corrected chi connectivity index (χ4v) is 3.08. The molecule has 2 aliphatic carbocycles. The Morgan fingerprint density at radius 3 is 2.79 bits per heavy atom. The minimum Gasteiger partial charge on any atom is -0.489 e. The maximum Gasteiger partial charge on any atom is 0.211 e. The van der Waals surface area contributed by atoms with E-state index in [4.69, 9.17) is 4.74 Å². The Morgan fingerprint density at radius 1 is 1.46 bits per heavy atom. The number of nitrogens with one attached hydrogen (secondary N) is 1. The van der Waals surface area contributed by atoms with Crippen LogP contribution >= 0.6 is 0 Å². The zero-order valence-corrected chi connectivity index (χ0v) is 14.5. The van der Waals surface area contributed by atoms with E-state index in [0.717, 1.165) is 36.9 Å².